The Balaban J connectivity index is 0. The van der Waals surface area contributed by atoms with E-state index < -0.39 is 10.4 Å². The first-order valence-electron chi connectivity index (χ1n) is 21.1. The van der Waals surface area contributed by atoms with Crippen LogP contribution in [0.3, 0.4) is 0 Å². The van der Waals surface area contributed by atoms with E-state index in [2.05, 4.69) is 18.0 Å². The van der Waals surface area contributed by atoms with Gasteiger partial charge in [0.15, 0.2) is 0 Å². The van der Waals surface area contributed by atoms with Gasteiger partial charge in [0, 0.05) is 0 Å². The Morgan fingerprint density at radius 2 is 0.574 bits per heavy atom. The van der Waals surface area contributed by atoms with Crippen LogP contribution in [0, 0.1) is 5.92 Å². The van der Waals surface area contributed by atoms with Crippen molar-refractivity contribution in [3.8, 4) is 0 Å². The van der Waals surface area contributed by atoms with Gasteiger partial charge in [-0.25, -0.2) is 8.42 Å². The zero-order chi connectivity index (χ0) is 33.7. The van der Waals surface area contributed by atoms with Crippen molar-refractivity contribution in [2.75, 3.05) is 6.61 Å². The van der Waals surface area contributed by atoms with Crippen molar-refractivity contribution in [1.29, 1.82) is 0 Å². The monoisotopic (exact) mass is 711 g/mol. The Morgan fingerprint density at radius 3 is 0.766 bits per heavy atom. The molecule has 1 unspecified atom stereocenters. The van der Waals surface area contributed by atoms with Crippen molar-refractivity contribution in [3.05, 3.63) is 0 Å². The molecule has 4 nitrogen and oxygen atoms in total. The van der Waals surface area contributed by atoms with Crippen molar-refractivity contribution in [2.45, 2.75) is 251 Å². The minimum Gasteiger partial charge on any atom is -0.726 e. The van der Waals surface area contributed by atoms with Gasteiger partial charge in [0.25, 0.3) is 0 Å². The molecule has 0 N–H and O–H groups in total. The van der Waals surface area contributed by atoms with Crippen molar-refractivity contribution in [1.82, 2.24) is 0 Å². The fourth-order valence-electron chi connectivity index (χ4n) is 6.98. The number of rotatable bonds is 40. The van der Waals surface area contributed by atoms with Gasteiger partial charge in [-0.3, -0.25) is 4.18 Å². The first-order chi connectivity index (χ1) is 22.5. The maximum atomic E-state index is 11.0. The molecule has 47 heavy (non-hydrogen) atoms. The van der Waals surface area contributed by atoms with Crippen molar-refractivity contribution in [3.63, 3.8) is 0 Å². The Bertz CT molecular complexity index is 672. The largest absolute Gasteiger partial charge is 1.00 e. The molecule has 0 amide bonds. The van der Waals surface area contributed by atoms with Gasteiger partial charge in [0.05, 0.1) is 6.61 Å². The van der Waals surface area contributed by atoms with Gasteiger partial charge in [-0.2, -0.15) is 0 Å². The first kappa shape index (κ1) is 50.6. The van der Waals surface area contributed by atoms with Gasteiger partial charge >= 0.3 is 51.4 Å². The summed E-state index contributed by atoms with van der Waals surface area (Å²) in [5, 5.41) is 0. The van der Waals surface area contributed by atoms with Crippen LogP contribution in [0.15, 0.2) is 0 Å². The maximum absolute atomic E-state index is 11.0. The molecule has 0 bridgehead atoms. The van der Waals surface area contributed by atoms with Crippen LogP contribution in [0.5, 0.6) is 0 Å². The topological polar surface area (TPSA) is 66.4 Å². The average molecular weight is 711 g/mol. The van der Waals surface area contributed by atoms with E-state index in [9.17, 15) is 13.0 Å². The van der Waals surface area contributed by atoms with Crippen LogP contribution in [-0.4, -0.2) is 19.6 Å². The van der Waals surface area contributed by atoms with Crippen LogP contribution in [0.1, 0.15) is 251 Å². The third-order valence-corrected chi connectivity index (χ3v) is 10.6. The van der Waals surface area contributed by atoms with Crippen LogP contribution < -0.4 is 51.4 Å². The zero-order valence-corrected chi connectivity index (χ0v) is 36.4. The van der Waals surface area contributed by atoms with Gasteiger partial charge in [0.1, 0.15) is 0 Å². The Hall–Kier alpha value is 1.51. The summed E-state index contributed by atoms with van der Waals surface area (Å²) < 4.78 is 37.8. The summed E-state index contributed by atoms with van der Waals surface area (Å²) in [4.78, 5) is 0. The smallest absolute Gasteiger partial charge is 0.726 e. The molecular formula is C41H83KO4S. The summed E-state index contributed by atoms with van der Waals surface area (Å²) >= 11 is 0. The molecule has 0 aliphatic rings. The SMILES string of the molecule is CCCCCCCCCCCCCCCCCCCCCCC(CCCCCCCCCCCCCCCCC)COS(=O)(=O)[O-].[K+]. The Labute approximate surface area is 339 Å². The van der Waals surface area contributed by atoms with E-state index in [1.165, 1.54) is 212 Å². The van der Waals surface area contributed by atoms with Crippen molar-refractivity contribution < 1.29 is 68.5 Å². The molecule has 0 saturated heterocycles. The van der Waals surface area contributed by atoms with Gasteiger partial charge in [-0.15, -0.1) is 0 Å². The average Bonchev–Trinajstić information content (AvgIpc) is 3.03. The summed E-state index contributed by atoms with van der Waals surface area (Å²) in [6.45, 7) is 4.64. The third-order valence-electron chi connectivity index (χ3n) is 10.1. The molecule has 0 fully saturated rings. The minimum absolute atomic E-state index is 0. The zero-order valence-electron chi connectivity index (χ0n) is 32.5. The molecule has 0 rings (SSSR count). The fraction of sp³-hybridized carbons (Fsp3) is 1.00. The van der Waals surface area contributed by atoms with Gasteiger partial charge in [0.2, 0.25) is 10.4 Å². The quantitative estimate of drug-likeness (QED) is 0.0275. The van der Waals surface area contributed by atoms with E-state index in [0.29, 0.717) is 0 Å². The molecule has 0 aromatic rings. The van der Waals surface area contributed by atoms with Gasteiger partial charge < -0.3 is 4.55 Å². The summed E-state index contributed by atoms with van der Waals surface area (Å²) in [7, 11) is -4.59. The predicted octanol–water partition coefficient (Wildman–Crippen LogP) is 11.6. The molecule has 0 saturated carbocycles. The van der Waals surface area contributed by atoms with Crippen molar-refractivity contribution >= 4 is 10.4 Å². The van der Waals surface area contributed by atoms with E-state index in [1.807, 2.05) is 0 Å². The molecule has 1 atom stereocenters. The molecule has 0 radical (unpaired) electrons. The van der Waals surface area contributed by atoms with Crippen LogP contribution >= 0.6 is 0 Å². The van der Waals surface area contributed by atoms with E-state index in [-0.39, 0.29) is 63.9 Å². The third kappa shape index (κ3) is 45.5. The summed E-state index contributed by atoms with van der Waals surface area (Å²) in [5.41, 5.74) is 0. The van der Waals surface area contributed by atoms with Crippen LogP contribution in [-0.2, 0) is 14.6 Å². The minimum atomic E-state index is -4.59. The summed E-state index contributed by atoms with van der Waals surface area (Å²) in [6.07, 6.45) is 49.7. The molecule has 6 heteroatoms. The summed E-state index contributed by atoms with van der Waals surface area (Å²) in [5.74, 6) is 0.196. The van der Waals surface area contributed by atoms with E-state index in [0.717, 1.165) is 25.7 Å². The van der Waals surface area contributed by atoms with Gasteiger partial charge in [-0.1, -0.05) is 239 Å². The van der Waals surface area contributed by atoms with E-state index in [4.69, 9.17) is 0 Å². The summed E-state index contributed by atoms with van der Waals surface area (Å²) in [6, 6.07) is 0. The van der Waals surface area contributed by atoms with Crippen molar-refractivity contribution in [2.24, 2.45) is 5.92 Å². The molecule has 278 valence electrons. The second-order valence-electron chi connectivity index (χ2n) is 14.8. The Kier molecular flexibility index (Phi) is 45.1. The number of unbranched alkanes of at least 4 members (excludes halogenated alkanes) is 33. The van der Waals surface area contributed by atoms with E-state index >= 15 is 0 Å². The van der Waals surface area contributed by atoms with Crippen LogP contribution in [0.25, 0.3) is 0 Å². The number of hydrogen-bond acceptors (Lipinski definition) is 4. The molecule has 0 aromatic carbocycles. The molecule has 0 aliphatic heterocycles. The molecule has 0 spiro atoms. The second kappa shape index (κ2) is 41.9. The molecule has 0 heterocycles. The predicted molar refractivity (Wildman–Crippen MR) is 201 cm³/mol. The molecule has 0 aliphatic carbocycles. The molecular weight excluding hydrogens is 628 g/mol. The van der Waals surface area contributed by atoms with E-state index in [1.54, 1.807) is 0 Å². The van der Waals surface area contributed by atoms with Crippen LogP contribution in [0.2, 0.25) is 0 Å². The first-order valence-corrected chi connectivity index (χ1v) is 22.4. The normalized spacial score (nSPS) is 12.4. The molecule has 0 aromatic heterocycles. The maximum Gasteiger partial charge on any atom is 1.00 e. The standard InChI is InChI=1S/C41H84O4S.K/c1-3-5-7-9-11-13-15-17-19-20-21-22-23-25-27-29-31-33-35-37-39-41(40-45-46(42,43)44)38-36-34-32-30-28-26-24-18-16-14-12-10-8-6-4-2;/h41H,3-40H2,1-2H3,(H,42,43,44);/q;+1/p-1. The fourth-order valence-corrected chi connectivity index (χ4v) is 7.34. The number of hydrogen-bond donors (Lipinski definition) is 0. The Morgan fingerprint density at radius 1 is 0.383 bits per heavy atom. The van der Waals surface area contributed by atoms with Crippen LogP contribution in [0.4, 0.5) is 0 Å². The second-order valence-corrected chi connectivity index (χ2v) is 15.9. The van der Waals surface area contributed by atoms with Gasteiger partial charge in [-0.05, 0) is 18.8 Å².